The van der Waals surface area contributed by atoms with Crippen molar-refractivity contribution in [3.05, 3.63) is 92.3 Å². The monoisotopic (exact) mass is 489 g/mol. The van der Waals surface area contributed by atoms with E-state index in [0.29, 0.717) is 32.8 Å². The van der Waals surface area contributed by atoms with Gasteiger partial charge in [0, 0.05) is 12.1 Å². The Balaban J connectivity index is 1.54. The normalized spacial score (nSPS) is 11.9. The van der Waals surface area contributed by atoms with Crippen molar-refractivity contribution >= 4 is 39.1 Å². The minimum atomic E-state index is -0.792. The van der Waals surface area contributed by atoms with Gasteiger partial charge in [0.2, 0.25) is 5.91 Å². The van der Waals surface area contributed by atoms with Gasteiger partial charge in [0.05, 0.1) is 18.3 Å². The zero-order valence-corrected chi connectivity index (χ0v) is 20.9. The third kappa shape index (κ3) is 5.02. The number of nitrogens with zero attached hydrogens (tertiary/aromatic N) is 2. The number of benzene rings is 2. The van der Waals surface area contributed by atoms with E-state index in [4.69, 9.17) is 4.74 Å². The van der Waals surface area contributed by atoms with Crippen molar-refractivity contribution in [1.82, 2.24) is 9.55 Å². The van der Waals surface area contributed by atoms with Gasteiger partial charge in [-0.2, -0.15) is 0 Å². The first-order valence-electron chi connectivity index (χ1n) is 11.4. The number of carbonyl (C=O) groups is 2. The van der Waals surface area contributed by atoms with Gasteiger partial charge in [-0.05, 0) is 56.0 Å². The smallest absolute Gasteiger partial charge is 0.348 e. The van der Waals surface area contributed by atoms with E-state index in [1.807, 2.05) is 62.4 Å². The van der Waals surface area contributed by atoms with Crippen LogP contribution in [0.25, 0.3) is 10.2 Å². The molecule has 1 atom stereocenters. The SMILES string of the molecule is Cc1cccc(NC(=O)C(C)n2cnc3sc(C(=O)OCCc4ccccc4)c(C)c3c2=O)c1C. The number of carbonyl (C=O) groups excluding carboxylic acids is 2. The molecule has 2 heterocycles. The van der Waals surface area contributed by atoms with Crippen molar-refractivity contribution in [1.29, 1.82) is 0 Å². The molecule has 0 bridgehead atoms. The molecule has 0 fully saturated rings. The molecule has 2 aromatic heterocycles. The molecular weight excluding hydrogens is 462 g/mol. The number of hydrogen-bond donors (Lipinski definition) is 1. The number of aryl methyl sites for hydroxylation is 2. The molecule has 8 heteroatoms. The largest absolute Gasteiger partial charge is 0.461 e. The Kier molecular flexibility index (Phi) is 7.12. The summed E-state index contributed by atoms with van der Waals surface area (Å²) in [6.07, 6.45) is 1.97. The number of ether oxygens (including phenoxy) is 1. The minimum absolute atomic E-state index is 0.240. The number of fused-ring (bicyclic) bond motifs is 1. The molecule has 0 aliphatic rings. The van der Waals surface area contributed by atoms with Gasteiger partial charge in [0.25, 0.3) is 5.56 Å². The van der Waals surface area contributed by atoms with Gasteiger partial charge in [0.15, 0.2) is 0 Å². The van der Waals surface area contributed by atoms with Crippen LogP contribution in [0, 0.1) is 20.8 Å². The van der Waals surface area contributed by atoms with Crippen LogP contribution in [-0.2, 0) is 16.0 Å². The first-order chi connectivity index (χ1) is 16.8. The number of amides is 1. The molecule has 35 heavy (non-hydrogen) atoms. The van der Waals surface area contributed by atoms with Crippen molar-refractivity contribution in [2.75, 3.05) is 11.9 Å². The number of thiophene rings is 1. The van der Waals surface area contributed by atoms with Crippen LogP contribution in [0.2, 0.25) is 0 Å². The first kappa shape index (κ1) is 24.3. The zero-order valence-electron chi connectivity index (χ0n) is 20.1. The summed E-state index contributed by atoms with van der Waals surface area (Å²) in [5, 5.41) is 3.23. The molecule has 0 aliphatic carbocycles. The maximum atomic E-state index is 13.3. The molecule has 2 aromatic carbocycles. The van der Waals surface area contributed by atoms with Gasteiger partial charge in [-0.3, -0.25) is 14.2 Å². The number of nitrogens with one attached hydrogen (secondary N) is 1. The lowest BCUT2D eigenvalue weighted by Gasteiger charge is -2.16. The van der Waals surface area contributed by atoms with Crippen LogP contribution in [0.3, 0.4) is 0 Å². The van der Waals surface area contributed by atoms with E-state index in [-0.39, 0.29) is 18.1 Å². The van der Waals surface area contributed by atoms with Gasteiger partial charge in [0.1, 0.15) is 15.7 Å². The maximum Gasteiger partial charge on any atom is 0.348 e. The van der Waals surface area contributed by atoms with Crippen LogP contribution in [0.5, 0.6) is 0 Å². The third-order valence-corrected chi connectivity index (χ3v) is 7.37. The minimum Gasteiger partial charge on any atom is -0.461 e. The van der Waals surface area contributed by atoms with E-state index in [1.54, 1.807) is 13.8 Å². The van der Waals surface area contributed by atoms with Crippen molar-refractivity contribution < 1.29 is 14.3 Å². The topological polar surface area (TPSA) is 90.3 Å². The second-order valence-electron chi connectivity index (χ2n) is 8.48. The van der Waals surface area contributed by atoms with Crippen molar-refractivity contribution in [2.24, 2.45) is 0 Å². The predicted octanol–water partition coefficient (Wildman–Crippen LogP) is 4.98. The number of aromatic nitrogens is 2. The second kappa shape index (κ2) is 10.2. The fraction of sp³-hybridized carbons (Fsp3) is 0.259. The Morgan fingerprint density at radius 2 is 1.80 bits per heavy atom. The van der Waals surface area contributed by atoms with Crippen LogP contribution >= 0.6 is 11.3 Å². The van der Waals surface area contributed by atoms with Gasteiger partial charge in [-0.25, -0.2) is 9.78 Å². The molecule has 0 saturated carbocycles. The third-order valence-electron chi connectivity index (χ3n) is 6.19. The number of esters is 1. The van der Waals surface area contributed by atoms with Crippen LogP contribution in [-0.4, -0.2) is 28.0 Å². The summed E-state index contributed by atoms with van der Waals surface area (Å²) in [6.45, 7) is 7.51. The average molecular weight is 490 g/mol. The summed E-state index contributed by atoms with van der Waals surface area (Å²) in [4.78, 5) is 44.1. The van der Waals surface area contributed by atoms with E-state index in [1.165, 1.54) is 10.9 Å². The molecule has 4 aromatic rings. The van der Waals surface area contributed by atoms with Gasteiger partial charge in [-0.1, -0.05) is 42.5 Å². The van der Waals surface area contributed by atoms with E-state index in [0.717, 1.165) is 28.0 Å². The summed E-state index contributed by atoms with van der Waals surface area (Å²) in [5.74, 6) is -0.802. The quantitative estimate of drug-likeness (QED) is 0.370. The van der Waals surface area contributed by atoms with E-state index in [2.05, 4.69) is 10.3 Å². The Hall–Kier alpha value is -3.78. The van der Waals surface area contributed by atoms with Crippen LogP contribution < -0.4 is 10.9 Å². The molecule has 180 valence electrons. The molecule has 4 rings (SSSR count). The maximum absolute atomic E-state index is 13.3. The van der Waals surface area contributed by atoms with Crippen molar-refractivity contribution in [3.63, 3.8) is 0 Å². The molecule has 0 radical (unpaired) electrons. The fourth-order valence-electron chi connectivity index (χ4n) is 3.83. The van der Waals surface area contributed by atoms with E-state index >= 15 is 0 Å². The van der Waals surface area contributed by atoms with Gasteiger partial charge >= 0.3 is 5.97 Å². The van der Waals surface area contributed by atoms with Crippen molar-refractivity contribution in [2.45, 2.75) is 40.2 Å². The van der Waals surface area contributed by atoms with Gasteiger partial charge < -0.3 is 10.1 Å². The predicted molar refractivity (Wildman–Crippen MR) is 138 cm³/mol. The first-order valence-corrected chi connectivity index (χ1v) is 12.2. The summed E-state index contributed by atoms with van der Waals surface area (Å²) in [5.41, 5.74) is 3.97. The van der Waals surface area contributed by atoms with Crippen molar-refractivity contribution in [3.8, 4) is 0 Å². The highest BCUT2D eigenvalue weighted by atomic mass is 32.1. The Bertz CT molecular complexity index is 1460. The molecular formula is C27H27N3O4S. The molecule has 0 saturated heterocycles. The summed E-state index contributed by atoms with van der Waals surface area (Å²) < 4.78 is 6.75. The number of rotatable bonds is 7. The average Bonchev–Trinajstić information content (AvgIpc) is 3.19. The molecule has 1 unspecified atom stereocenters. The highest BCUT2D eigenvalue weighted by Crippen LogP contribution is 2.28. The second-order valence-corrected chi connectivity index (χ2v) is 9.48. The Labute approximate surface area is 207 Å². The van der Waals surface area contributed by atoms with Gasteiger partial charge in [-0.15, -0.1) is 11.3 Å². The lowest BCUT2D eigenvalue weighted by molar-refractivity contribution is -0.118. The lowest BCUT2D eigenvalue weighted by atomic mass is 10.1. The summed E-state index contributed by atoms with van der Waals surface area (Å²) in [7, 11) is 0. The van der Waals surface area contributed by atoms with Crippen LogP contribution in [0.1, 0.15) is 44.9 Å². The Morgan fingerprint density at radius 1 is 1.06 bits per heavy atom. The molecule has 1 N–H and O–H groups in total. The van der Waals surface area contributed by atoms with E-state index in [9.17, 15) is 14.4 Å². The zero-order chi connectivity index (χ0) is 25.1. The highest BCUT2D eigenvalue weighted by Gasteiger charge is 2.24. The fourth-order valence-corrected chi connectivity index (χ4v) is 4.86. The van der Waals surface area contributed by atoms with Crippen LogP contribution in [0.15, 0.2) is 59.7 Å². The number of anilines is 1. The van der Waals surface area contributed by atoms with Crippen LogP contribution in [0.4, 0.5) is 5.69 Å². The molecule has 1 amide bonds. The summed E-state index contributed by atoms with van der Waals surface area (Å²) in [6, 6.07) is 14.6. The standard InChI is InChI=1S/C27H27N3O4S/c1-16-9-8-12-21(17(16)2)29-24(31)19(4)30-15-28-25-22(26(30)32)18(3)23(35-25)27(33)34-14-13-20-10-6-5-7-11-20/h5-12,15,19H,13-14H2,1-4H3,(H,29,31). The summed E-state index contributed by atoms with van der Waals surface area (Å²) >= 11 is 1.13. The lowest BCUT2D eigenvalue weighted by Crippen LogP contribution is -2.32. The number of hydrogen-bond acceptors (Lipinski definition) is 6. The molecule has 0 spiro atoms. The van der Waals surface area contributed by atoms with E-state index < -0.39 is 12.0 Å². The highest BCUT2D eigenvalue weighted by molar-refractivity contribution is 7.20. The molecule has 0 aliphatic heterocycles. The molecule has 7 nitrogen and oxygen atoms in total. The Morgan fingerprint density at radius 3 is 2.54 bits per heavy atom.